The summed E-state index contributed by atoms with van der Waals surface area (Å²) < 4.78 is 49.2. The zero-order valence-electron chi connectivity index (χ0n) is 18.7. The van der Waals surface area contributed by atoms with E-state index in [0.717, 1.165) is 0 Å². The third-order valence-corrected chi connectivity index (χ3v) is 5.68. The minimum absolute atomic E-state index is 0.159. The van der Waals surface area contributed by atoms with Crippen LogP contribution in [0, 0.1) is 11.3 Å². The Morgan fingerprint density at radius 1 is 1.10 bits per heavy atom. The molecule has 0 aliphatic heterocycles. The molecule has 180 valence electrons. The molecular formula is C17H36NO10PS. The lowest BCUT2D eigenvalue weighted by Crippen LogP contribution is -2.49. The highest BCUT2D eigenvalue weighted by molar-refractivity contribution is 7.85. The van der Waals surface area contributed by atoms with E-state index < -0.39 is 40.6 Å². The lowest BCUT2D eigenvalue weighted by Gasteiger charge is -2.26. The number of carbonyl (C=O) groups is 2. The lowest BCUT2D eigenvalue weighted by molar-refractivity contribution is -0.155. The fourth-order valence-corrected chi connectivity index (χ4v) is 3.06. The molecule has 0 aliphatic carbocycles. The molecule has 0 aromatic heterocycles. The fraction of sp³-hybridized carbons (Fsp3) is 0.882. The van der Waals surface area contributed by atoms with Crippen LogP contribution in [0.15, 0.2) is 0 Å². The van der Waals surface area contributed by atoms with E-state index in [2.05, 4.69) is 9.84 Å². The Morgan fingerprint density at radius 2 is 1.60 bits per heavy atom. The molecule has 0 bridgehead atoms. The summed E-state index contributed by atoms with van der Waals surface area (Å²) in [6.45, 7) is 11.6. The molecule has 0 rings (SSSR count). The van der Waals surface area contributed by atoms with Crippen LogP contribution in [0.5, 0.6) is 0 Å². The van der Waals surface area contributed by atoms with Crippen LogP contribution in [0.2, 0.25) is 0 Å². The van der Waals surface area contributed by atoms with Crippen molar-refractivity contribution in [2.24, 2.45) is 11.3 Å². The number of nitrogens with one attached hydrogen (secondary N) is 1. The van der Waals surface area contributed by atoms with Crippen molar-refractivity contribution in [3.63, 3.8) is 0 Å². The molecule has 0 fully saturated rings. The molecule has 1 amide bonds. The lowest BCUT2D eigenvalue weighted by atomic mass is 9.91. The Morgan fingerprint density at radius 3 is 1.97 bits per heavy atom. The molecule has 0 saturated carbocycles. The van der Waals surface area contributed by atoms with Gasteiger partial charge in [-0.25, -0.2) is 4.57 Å². The molecule has 13 heteroatoms. The molecule has 0 spiro atoms. The fourth-order valence-electron chi connectivity index (χ4n) is 1.76. The summed E-state index contributed by atoms with van der Waals surface area (Å²) in [4.78, 5) is 39.5. The van der Waals surface area contributed by atoms with Crippen LogP contribution in [0.3, 0.4) is 0 Å². The molecular weight excluding hydrogens is 441 g/mol. The van der Waals surface area contributed by atoms with Crippen molar-refractivity contribution in [3.8, 4) is 0 Å². The topological polar surface area (TPSA) is 177 Å². The normalized spacial score (nSPS) is 13.7. The minimum atomic E-state index is -4.46. The van der Waals surface area contributed by atoms with Crippen LogP contribution in [-0.4, -0.2) is 59.1 Å². The number of hydrogen-bond acceptors (Lipinski definition) is 7. The second kappa shape index (κ2) is 12.7. The predicted octanol–water partition coefficient (Wildman–Crippen LogP) is 1.89. The second-order valence-electron chi connectivity index (χ2n) is 8.11. The van der Waals surface area contributed by atoms with Gasteiger partial charge in [-0.3, -0.25) is 18.7 Å². The molecule has 1 unspecified atom stereocenters. The summed E-state index contributed by atoms with van der Waals surface area (Å²) in [5.41, 5.74) is -1.53. The molecule has 4 N–H and O–H groups in total. The van der Waals surface area contributed by atoms with E-state index in [-0.39, 0.29) is 25.0 Å². The summed E-state index contributed by atoms with van der Waals surface area (Å²) in [6.07, 6.45) is 1.32. The van der Waals surface area contributed by atoms with Crippen LogP contribution >= 0.6 is 7.82 Å². The van der Waals surface area contributed by atoms with E-state index in [1.54, 1.807) is 34.6 Å². The summed E-state index contributed by atoms with van der Waals surface area (Å²) in [5, 5.41) is 2.59. The number of amides is 1. The quantitative estimate of drug-likeness (QED) is 0.149. The van der Waals surface area contributed by atoms with Crippen molar-refractivity contribution in [2.45, 2.75) is 66.8 Å². The maximum atomic E-state index is 11.5. The molecule has 0 heterocycles. The number of rotatable bonds is 11. The van der Waals surface area contributed by atoms with E-state index in [4.69, 9.17) is 19.1 Å². The maximum absolute atomic E-state index is 11.5. The van der Waals surface area contributed by atoms with Gasteiger partial charge in [-0.05, 0) is 40.5 Å². The molecule has 0 aromatic carbocycles. The van der Waals surface area contributed by atoms with Crippen LogP contribution in [-0.2, 0) is 33.5 Å². The van der Waals surface area contributed by atoms with Gasteiger partial charge in [-0.1, -0.05) is 20.8 Å². The highest BCUT2D eigenvalue weighted by Crippen LogP contribution is 2.35. The van der Waals surface area contributed by atoms with Gasteiger partial charge < -0.3 is 19.8 Å². The van der Waals surface area contributed by atoms with E-state index in [1.807, 2.05) is 13.8 Å². The van der Waals surface area contributed by atoms with Crippen molar-refractivity contribution in [1.29, 1.82) is 0 Å². The molecule has 0 aromatic rings. The Balaban J connectivity index is 0. The first kappa shape index (κ1) is 31.1. The maximum Gasteiger partial charge on any atom is 0.469 e. The van der Waals surface area contributed by atoms with Gasteiger partial charge in [-0.15, -0.1) is 0 Å². The van der Waals surface area contributed by atoms with E-state index >= 15 is 0 Å². The van der Waals surface area contributed by atoms with Crippen molar-refractivity contribution >= 4 is 29.8 Å². The Bertz CT molecular complexity index is 699. The summed E-state index contributed by atoms with van der Waals surface area (Å²) >= 11 is 0. The smallest absolute Gasteiger partial charge is 0.463 e. The van der Waals surface area contributed by atoms with Gasteiger partial charge in [0.25, 0.3) is 10.1 Å². The molecule has 11 nitrogen and oxygen atoms in total. The first-order valence-electron chi connectivity index (χ1n) is 9.41. The zero-order chi connectivity index (χ0) is 24.4. The van der Waals surface area contributed by atoms with Crippen LogP contribution in [0.1, 0.15) is 61.3 Å². The first-order valence-corrected chi connectivity index (χ1v) is 12.5. The first-order chi connectivity index (χ1) is 13.3. The summed E-state index contributed by atoms with van der Waals surface area (Å²) in [7, 11) is -8.54. The number of hydrogen-bond donors (Lipinski definition) is 4. The minimum Gasteiger partial charge on any atom is -0.463 e. The van der Waals surface area contributed by atoms with Crippen molar-refractivity contribution < 1.29 is 46.2 Å². The van der Waals surface area contributed by atoms with Crippen molar-refractivity contribution in [2.75, 3.05) is 19.0 Å². The number of phosphoric acid groups is 1. The Labute approximate surface area is 178 Å². The van der Waals surface area contributed by atoms with Gasteiger partial charge in [0.05, 0.1) is 23.3 Å². The zero-order valence-corrected chi connectivity index (χ0v) is 20.4. The van der Waals surface area contributed by atoms with E-state index in [0.29, 0.717) is 12.8 Å². The summed E-state index contributed by atoms with van der Waals surface area (Å²) in [6, 6.07) is 0. The van der Waals surface area contributed by atoms with Gasteiger partial charge >= 0.3 is 13.8 Å². The number of phosphoric ester groups is 1. The third kappa shape index (κ3) is 16.7. The van der Waals surface area contributed by atoms with Crippen LogP contribution < -0.4 is 5.32 Å². The van der Waals surface area contributed by atoms with E-state index in [9.17, 15) is 22.6 Å². The van der Waals surface area contributed by atoms with Gasteiger partial charge in [-0.2, -0.15) is 8.42 Å². The van der Waals surface area contributed by atoms with Crippen molar-refractivity contribution in [3.05, 3.63) is 0 Å². The predicted molar refractivity (Wildman–Crippen MR) is 111 cm³/mol. The van der Waals surface area contributed by atoms with Crippen LogP contribution in [0.4, 0.5) is 0 Å². The summed E-state index contributed by atoms with van der Waals surface area (Å²) in [5.74, 6) is -1.25. The standard InChI is InChI=1S/C9H19NO4S.C8H17O6P/c1-5-7(2)8(11)10-9(3,4)6-15(12,13)14;1-4-8(2,3)7(9)13-5-6-14-15(10,11)12/h7H,5-6H2,1-4H3,(H,10,11)(H,12,13,14);4-6H2,1-3H3,(H2,10,11,12). The molecule has 30 heavy (non-hydrogen) atoms. The molecule has 1 atom stereocenters. The molecule has 0 saturated heterocycles. The second-order valence-corrected chi connectivity index (χ2v) is 10.8. The Kier molecular flexibility index (Phi) is 13.2. The SMILES string of the molecule is CCC(C)(C)C(=O)OCCOP(=O)(O)O.CCC(C)C(=O)NC(C)(C)CS(=O)(=O)O. The number of ether oxygens (including phenoxy) is 1. The number of esters is 1. The van der Waals surface area contributed by atoms with Crippen molar-refractivity contribution in [1.82, 2.24) is 5.32 Å². The molecule has 0 radical (unpaired) electrons. The highest BCUT2D eigenvalue weighted by Gasteiger charge is 2.28. The van der Waals surface area contributed by atoms with Crippen LogP contribution in [0.25, 0.3) is 0 Å². The monoisotopic (exact) mass is 477 g/mol. The number of carbonyl (C=O) groups excluding carboxylic acids is 2. The van der Waals surface area contributed by atoms with Gasteiger partial charge in [0.2, 0.25) is 5.91 Å². The highest BCUT2D eigenvalue weighted by atomic mass is 32.2. The van der Waals surface area contributed by atoms with Gasteiger partial charge in [0.1, 0.15) is 6.61 Å². The largest absolute Gasteiger partial charge is 0.469 e. The third-order valence-electron chi connectivity index (χ3n) is 4.08. The van der Waals surface area contributed by atoms with E-state index in [1.165, 1.54) is 0 Å². The average Bonchev–Trinajstić information content (AvgIpc) is 2.54. The molecule has 0 aliphatic rings. The van der Waals surface area contributed by atoms with Gasteiger partial charge in [0.15, 0.2) is 0 Å². The van der Waals surface area contributed by atoms with Gasteiger partial charge in [0, 0.05) is 5.92 Å². The Hall–Kier alpha value is -1.04. The average molecular weight is 478 g/mol.